The molecule has 3 N–H and O–H groups in total. The fraction of sp³-hybridized carbons (Fsp3) is 0.385. The second kappa shape index (κ2) is 18.9. The molecular formula is C39H46FN8O5S2+. The number of rotatable bonds is 19. The van der Waals surface area contributed by atoms with E-state index in [0.29, 0.717) is 69.3 Å². The Morgan fingerprint density at radius 2 is 1.80 bits per heavy atom. The Balaban J connectivity index is 1.30. The number of aryl methyl sites for hydroxylation is 2. The number of thiazole rings is 2. The van der Waals surface area contributed by atoms with Crippen LogP contribution in [0.25, 0.3) is 10.2 Å². The fourth-order valence-electron chi connectivity index (χ4n) is 5.69. The molecule has 13 nitrogen and oxygen atoms in total. The van der Waals surface area contributed by atoms with Crippen LogP contribution in [0, 0.1) is 24.6 Å². The average Bonchev–Trinajstić information content (AvgIpc) is 3.73. The maximum atomic E-state index is 14.7. The Bertz CT molecular complexity index is 2150. The molecule has 0 atom stereocenters. The molecule has 0 saturated carbocycles. The highest BCUT2D eigenvalue weighted by molar-refractivity contribution is 7.22. The minimum Gasteiger partial charge on any atom is -0.491 e. The van der Waals surface area contributed by atoms with E-state index in [9.17, 15) is 24.2 Å². The number of aromatic carboxylic acids is 1. The lowest BCUT2D eigenvalue weighted by molar-refractivity contribution is -0.883. The first-order valence-corrected chi connectivity index (χ1v) is 19.5. The molecule has 55 heavy (non-hydrogen) atoms. The molecule has 0 unspecified atom stereocenters. The molecule has 0 bridgehead atoms. The third-order valence-corrected chi connectivity index (χ3v) is 10.6. The van der Waals surface area contributed by atoms with Gasteiger partial charge in [0.15, 0.2) is 45.7 Å². The Morgan fingerprint density at radius 1 is 1.00 bits per heavy atom. The molecule has 2 aromatic carbocycles. The van der Waals surface area contributed by atoms with Gasteiger partial charge in [-0.1, -0.05) is 35.3 Å². The predicted octanol–water partition coefficient (Wildman–Crippen LogP) is 6.83. The number of carboxylic acids is 2. The summed E-state index contributed by atoms with van der Waals surface area (Å²) in [6.07, 6.45) is 3.12. The number of carboxylic acid groups (broad SMARTS) is 2. The quantitative estimate of drug-likeness (QED) is 0.0457. The predicted molar refractivity (Wildman–Crippen MR) is 215 cm³/mol. The van der Waals surface area contributed by atoms with E-state index in [1.807, 2.05) is 75.2 Å². The highest BCUT2D eigenvalue weighted by atomic mass is 32.1. The van der Waals surface area contributed by atoms with Crippen LogP contribution in [0.2, 0.25) is 0 Å². The van der Waals surface area contributed by atoms with E-state index < -0.39 is 17.8 Å². The van der Waals surface area contributed by atoms with E-state index in [1.54, 1.807) is 12.1 Å². The molecule has 5 aromatic rings. The van der Waals surface area contributed by atoms with Crippen molar-refractivity contribution in [2.24, 2.45) is 0 Å². The first-order chi connectivity index (χ1) is 26.3. The smallest absolute Gasteiger partial charge is 0.359 e. The lowest BCUT2D eigenvalue weighted by Gasteiger charge is -2.28. The standard InChI is InChI=1S/C39H45FN8O5S2/c1-26-23-33(44-45-36(26)43-38-41-29-14-7-8-15-31(29)54-38)47(20-9-6-10-21-48(4,5)25-34(49)50)39-42-35(37(51)52)32(55-39)16-12-22-53-30-18-17-27(24-28(30)40)13-11-19-46(2)3/h7-8,14-15,17-18,23-24H,6,9-10,12,16,19-22,25H2,1-5H3,(H2-,41,43,45,49,50,51,52)/p+1. The third-order valence-electron chi connectivity index (χ3n) is 8.46. The maximum absolute atomic E-state index is 14.7. The first kappa shape index (κ1) is 41.0. The molecule has 3 heterocycles. The van der Waals surface area contributed by atoms with Crippen LogP contribution in [-0.2, 0) is 11.2 Å². The summed E-state index contributed by atoms with van der Waals surface area (Å²) in [6, 6.07) is 14.4. The number of likely N-dealkylation sites (N-methyl/N-ethyl adjacent to an activating group) is 1. The Labute approximate surface area is 328 Å². The highest BCUT2D eigenvalue weighted by Gasteiger charge is 2.24. The van der Waals surface area contributed by atoms with Crippen molar-refractivity contribution < 1.29 is 33.4 Å². The zero-order valence-electron chi connectivity index (χ0n) is 31.6. The van der Waals surface area contributed by atoms with Crippen LogP contribution in [0.3, 0.4) is 0 Å². The lowest BCUT2D eigenvalue weighted by Crippen LogP contribution is -2.44. The van der Waals surface area contributed by atoms with Crippen LogP contribution >= 0.6 is 22.7 Å². The second-order valence-corrected chi connectivity index (χ2v) is 16.1. The Kier molecular flexibility index (Phi) is 14.1. The van der Waals surface area contributed by atoms with E-state index >= 15 is 0 Å². The molecule has 0 fully saturated rings. The van der Waals surface area contributed by atoms with Crippen LogP contribution in [0.5, 0.6) is 5.75 Å². The van der Waals surface area contributed by atoms with Crippen LogP contribution in [0.1, 0.15) is 52.2 Å². The lowest BCUT2D eigenvalue weighted by atomic mass is 10.2. The first-order valence-electron chi connectivity index (χ1n) is 17.8. The van der Waals surface area contributed by atoms with Crippen molar-refractivity contribution in [3.63, 3.8) is 0 Å². The summed E-state index contributed by atoms with van der Waals surface area (Å²) in [5.41, 5.74) is 2.20. The van der Waals surface area contributed by atoms with Crippen LogP contribution in [-0.4, -0.2) is 113 Å². The molecule has 0 amide bonds. The summed E-state index contributed by atoms with van der Waals surface area (Å²) in [4.78, 5) is 37.2. The molecule has 0 aliphatic heterocycles. The molecule has 0 saturated heterocycles. The minimum atomic E-state index is -1.15. The SMILES string of the molecule is Cc1cc(N(CCCCC[N+](C)(C)CC(=O)O)c2nc(C(=O)O)c(CCCOc3ccc(C#CCN(C)C)cc3F)s2)nnc1Nc1nc2ccccc2s1. The maximum Gasteiger partial charge on any atom is 0.359 e. The van der Waals surface area contributed by atoms with Crippen molar-refractivity contribution in [2.75, 3.05) is 71.2 Å². The van der Waals surface area contributed by atoms with Gasteiger partial charge in [0.1, 0.15) is 0 Å². The van der Waals surface area contributed by atoms with E-state index in [0.717, 1.165) is 35.0 Å². The molecule has 0 aliphatic carbocycles. The van der Waals surface area contributed by atoms with Crippen molar-refractivity contribution in [1.29, 1.82) is 0 Å². The van der Waals surface area contributed by atoms with Crippen LogP contribution < -0.4 is 15.0 Å². The van der Waals surface area contributed by atoms with Gasteiger partial charge < -0.3 is 29.6 Å². The number of benzene rings is 2. The van der Waals surface area contributed by atoms with Crippen molar-refractivity contribution >= 4 is 66.7 Å². The summed E-state index contributed by atoms with van der Waals surface area (Å²) in [5, 5.41) is 32.9. The number of nitrogens with zero attached hydrogens (tertiary/aromatic N) is 7. The molecular weight excluding hydrogens is 744 g/mol. The largest absolute Gasteiger partial charge is 0.491 e. The summed E-state index contributed by atoms with van der Waals surface area (Å²) in [5.74, 6) is 4.59. The van der Waals surface area contributed by atoms with Gasteiger partial charge in [-0.25, -0.2) is 23.9 Å². The van der Waals surface area contributed by atoms with E-state index in [-0.39, 0.29) is 24.6 Å². The number of halogens is 1. The molecule has 0 aliphatic rings. The molecule has 16 heteroatoms. The van der Waals surface area contributed by atoms with Crippen LogP contribution in [0.4, 0.5) is 26.3 Å². The topological polar surface area (TPSA) is 154 Å². The summed E-state index contributed by atoms with van der Waals surface area (Å²) >= 11 is 2.78. The molecule has 5 rings (SSSR count). The summed E-state index contributed by atoms with van der Waals surface area (Å²) < 4.78 is 21.9. The summed E-state index contributed by atoms with van der Waals surface area (Å²) in [6.45, 7) is 3.86. The number of fused-ring (bicyclic) bond motifs is 1. The van der Waals surface area contributed by atoms with Gasteiger partial charge in [0.25, 0.3) is 0 Å². The van der Waals surface area contributed by atoms with E-state index in [1.165, 1.54) is 28.7 Å². The van der Waals surface area contributed by atoms with Gasteiger partial charge >= 0.3 is 11.9 Å². The number of carbonyl (C=O) groups is 2. The van der Waals surface area contributed by atoms with Gasteiger partial charge in [-0.2, -0.15) is 0 Å². The zero-order chi connectivity index (χ0) is 39.5. The highest BCUT2D eigenvalue weighted by Crippen LogP contribution is 2.34. The average molecular weight is 790 g/mol. The monoisotopic (exact) mass is 789 g/mol. The zero-order valence-corrected chi connectivity index (χ0v) is 33.3. The number of hydrogen-bond donors (Lipinski definition) is 3. The molecule has 290 valence electrons. The number of aromatic nitrogens is 4. The number of nitrogens with one attached hydrogen (secondary N) is 1. The number of aliphatic carboxylic acids is 1. The number of hydrogen-bond acceptors (Lipinski definition) is 12. The third kappa shape index (κ3) is 11.9. The minimum absolute atomic E-state index is 0.0387. The van der Waals surface area contributed by atoms with Gasteiger partial charge in [-0.05, 0) is 95.1 Å². The van der Waals surface area contributed by atoms with Gasteiger partial charge in [0.2, 0.25) is 0 Å². The molecule has 3 aromatic heterocycles. The van der Waals surface area contributed by atoms with Crippen molar-refractivity contribution in [3.8, 4) is 17.6 Å². The van der Waals surface area contributed by atoms with Crippen molar-refractivity contribution in [1.82, 2.24) is 25.1 Å². The molecule has 0 radical (unpaired) electrons. The normalized spacial score (nSPS) is 11.4. The van der Waals surface area contributed by atoms with Crippen molar-refractivity contribution in [3.05, 3.63) is 76.0 Å². The van der Waals surface area contributed by atoms with Gasteiger partial charge in [0.05, 0.1) is 44.0 Å². The van der Waals surface area contributed by atoms with E-state index in [4.69, 9.17) is 4.74 Å². The van der Waals surface area contributed by atoms with Crippen LogP contribution in [0.15, 0.2) is 48.5 Å². The number of quaternary nitrogens is 1. The Morgan fingerprint density at radius 3 is 2.51 bits per heavy atom. The number of anilines is 4. The summed E-state index contributed by atoms with van der Waals surface area (Å²) in [7, 11) is 7.61. The van der Waals surface area contributed by atoms with Crippen molar-refractivity contribution in [2.45, 2.75) is 39.0 Å². The van der Waals surface area contributed by atoms with Gasteiger partial charge in [-0.3, -0.25) is 4.90 Å². The van der Waals surface area contributed by atoms with Gasteiger partial charge in [-0.15, -0.1) is 21.5 Å². The molecule has 0 spiro atoms. The fourth-order valence-corrected chi connectivity index (χ4v) is 7.69. The number of para-hydroxylation sites is 1. The Hall–Kier alpha value is -5.21. The number of unbranched alkanes of at least 4 members (excludes halogenated alkanes) is 2. The number of ether oxygens (including phenoxy) is 1. The van der Waals surface area contributed by atoms with Gasteiger partial charge in [0, 0.05) is 17.0 Å². The van der Waals surface area contributed by atoms with E-state index in [2.05, 4.69) is 37.3 Å². The second-order valence-electron chi connectivity index (χ2n) is 14.0.